The zero-order chi connectivity index (χ0) is 13.2. The second-order valence-corrected chi connectivity index (χ2v) is 5.94. The van der Waals surface area contributed by atoms with Crippen LogP contribution in [-0.2, 0) is 14.6 Å². The van der Waals surface area contributed by atoms with E-state index in [1.54, 1.807) is 0 Å². The van der Waals surface area contributed by atoms with E-state index in [2.05, 4.69) is 0 Å². The Morgan fingerprint density at radius 1 is 1.28 bits per heavy atom. The van der Waals surface area contributed by atoms with Crippen molar-refractivity contribution < 1.29 is 27.8 Å². The quantitative estimate of drug-likeness (QED) is 0.861. The number of sulfone groups is 1. The van der Waals surface area contributed by atoms with E-state index in [0.29, 0.717) is 11.5 Å². The van der Waals surface area contributed by atoms with E-state index in [1.165, 1.54) is 18.2 Å². The number of carboxylic acids is 1. The number of hydrogen-bond donors (Lipinski definition) is 1. The minimum atomic E-state index is -3.48. The summed E-state index contributed by atoms with van der Waals surface area (Å²) in [6, 6.07) is 4.37. The van der Waals surface area contributed by atoms with Gasteiger partial charge in [0.1, 0.15) is 0 Å². The van der Waals surface area contributed by atoms with Gasteiger partial charge in [0.25, 0.3) is 0 Å². The van der Waals surface area contributed by atoms with Crippen LogP contribution < -0.4 is 9.47 Å². The predicted molar refractivity (Wildman–Crippen MR) is 61.5 cm³/mol. The van der Waals surface area contributed by atoms with Gasteiger partial charge in [-0.15, -0.1) is 0 Å². The fourth-order valence-corrected chi connectivity index (χ4v) is 2.92. The fourth-order valence-electron chi connectivity index (χ4n) is 1.60. The number of aliphatic carboxylic acids is 1. The third-order valence-electron chi connectivity index (χ3n) is 2.51. The van der Waals surface area contributed by atoms with E-state index in [0.717, 1.165) is 0 Å². The van der Waals surface area contributed by atoms with Gasteiger partial charge < -0.3 is 14.6 Å². The minimum absolute atomic E-state index is 0.0812. The summed E-state index contributed by atoms with van der Waals surface area (Å²) in [4.78, 5) is 10.5. The maximum Gasteiger partial charge on any atom is 0.303 e. The van der Waals surface area contributed by atoms with Crippen LogP contribution in [0.1, 0.15) is 12.8 Å². The minimum Gasteiger partial charge on any atom is -0.481 e. The topological polar surface area (TPSA) is 89.9 Å². The lowest BCUT2D eigenvalue weighted by molar-refractivity contribution is -0.137. The first kappa shape index (κ1) is 12.7. The second-order valence-electron chi connectivity index (χ2n) is 3.83. The number of benzene rings is 1. The van der Waals surface area contributed by atoms with E-state index in [4.69, 9.17) is 14.6 Å². The van der Waals surface area contributed by atoms with Crippen LogP contribution >= 0.6 is 0 Å². The highest BCUT2D eigenvalue weighted by Gasteiger charge is 2.20. The van der Waals surface area contributed by atoms with Gasteiger partial charge in [-0.2, -0.15) is 0 Å². The first-order valence-electron chi connectivity index (χ1n) is 5.33. The fraction of sp³-hybridized carbons (Fsp3) is 0.364. The molecular formula is C11H12O6S. The van der Waals surface area contributed by atoms with Gasteiger partial charge in [-0.1, -0.05) is 0 Å². The molecular weight excluding hydrogens is 260 g/mol. The molecule has 0 amide bonds. The van der Waals surface area contributed by atoms with Crippen molar-refractivity contribution in [1.82, 2.24) is 0 Å². The summed E-state index contributed by atoms with van der Waals surface area (Å²) in [6.07, 6.45) is -0.0735. The number of ether oxygens (including phenoxy) is 2. The largest absolute Gasteiger partial charge is 0.481 e. The molecule has 6 nitrogen and oxygen atoms in total. The van der Waals surface area contributed by atoms with Crippen LogP contribution in [0.25, 0.3) is 0 Å². The zero-order valence-corrected chi connectivity index (χ0v) is 10.3. The standard InChI is InChI=1S/C11H12O6S/c12-11(13)2-1-5-18(14,15)8-3-4-9-10(6-8)17-7-16-9/h3-4,6H,1-2,5,7H2,(H,12,13). The van der Waals surface area contributed by atoms with Crippen LogP contribution in [0.3, 0.4) is 0 Å². The van der Waals surface area contributed by atoms with Crippen LogP contribution in [0.5, 0.6) is 11.5 Å². The number of carbonyl (C=O) groups is 1. The first-order chi connectivity index (χ1) is 8.49. The van der Waals surface area contributed by atoms with Crippen molar-refractivity contribution in [3.8, 4) is 11.5 Å². The van der Waals surface area contributed by atoms with Crippen LogP contribution in [0.2, 0.25) is 0 Å². The van der Waals surface area contributed by atoms with E-state index in [9.17, 15) is 13.2 Å². The Balaban J connectivity index is 2.12. The van der Waals surface area contributed by atoms with E-state index >= 15 is 0 Å². The average Bonchev–Trinajstić information content (AvgIpc) is 2.74. The first-order valence-corrected chi connectivity index (χ1v) is 6.98. The molecule has 0 aliphatic carbocycles. The smallest absolute Gasteiger partial charge is 0.303 e. The maximum absolute atomic E-state index is 11.9. The summed E-state index contributed by atoms with van der Waals surface area (Å²) in [6.45, 7) is 0.0812. The van der Waals surface area contributed by atoms with Crippen molar-refractivity contribution in [3.63, 3.8) is 0 Å². The second kappa shape index (κ2) is 4.85. The number of rotatable bonds is 5. The predicted octanol–water partition coefficient (Wildman–Crippen LogP) is 1.05. The summed E-state index contributed by atoms with van der Waals surface area (Å²) in [7, 11) is -3.48. The van der Waals surface area contributed by atoms with Crippen molar-refractivity contribution in [2.24, 2.45) is 0 Å². The van der Waals surface area contributed by atoms with E-state index in [1.807, 2.05) is 0 Å². The lowest BCUT2D eigenvalue weighted by atomic mass is 10.3. The van der Waals surface area contributed by atoms with Gasteiger partial charge in [-0.05, 0) is 18.6 Å². The van der Waals surface area contributed by atoms with Crippen molar-refractivity contribution in [3.05, 3.63) is 18.2 Å². The normalized spacial score (nSPS) is 13.6. The Labute approximate surface area is 104 Å². The van der Waals surface area contributed by atoms with E-state index < -0.39 is 15.8 Å². The van der Waals surface area contributed by atoms with Crippen molar-refractivity contribution in [2.75, 3.05) is 12.5 Å². The average molecular weight is 272 g/mol. The molecule has 1 aromatic rings. The molecule has 2 rings (SSSR count). The molecule has 0 saturated heterocycles. The number of hydrogen-bond acceptors (Lipinski definition) is 5. The summed E-state index contributed by atoms with van der Waals surface area (Å²) in [5.74, 6) is -0.288. The molecule has 1 N–H and O–H groups in total. The number of fused-ring (bicyclic) bond motifs is 1. The molecule has 0 radical (unpaired) electrons. The Hall–Kier alpha value is -1.76. The van der Waals surface area contributed by atoms with Gasteiger partial charge in [0.15, 0.2) is 21.3 Å². The molecule has 1 heterocycles. The molecule has 98 valence electrons. The highest BCUT2D eigenvalue weighted by Crippen LogP contribution is 2.34. The Bertz CT molecular complexity index is 563. The van der Waals surface area contributed by atoms with Gasteiger partial charge >= 0.3 is 5.97 Å². The molecule has 1 aliphatic heterocycles. The number of carboxylic acid groups (broad SMARTS) is 1. The molecule has 0 unspecified atom stereocenters. The van der Waals surface area contributed by atoms with Crippen molar-refractivity contribution in [1.29, 1.82) is 0 Å². The summed E-state index contributed by atoms with van der Waals surface area (Å²) < 4.78 is 34.0. The van der Waals surface area contributed by atoms with Gasteiger partial charge in [0.05, 0.1) is 10.6 Å². The molecule has 18 heavy (non-hydrogen) atoms. The summed E-state index contributed by atoms with van der Waals surface area (Å²) >= 11 is 0. The Morgan fingerprint density at radius 2 is 2.00 bits per heavy atom. The third kappa shape index (κ3) is 2.73. The molecule has 0 spiro atoms. The van der Waals surface area contributed by atoms with Crippen molar-refractivity contribution >= 4 is 15.8 Å². The van der Waals surface area contributed by atoms with Crippen LogP contribution in [0.4, 0.5) is 0 Å². The Morgan fingerprint density at radius 3 is 2.72 bits per heavy atom. The molecule has 0 atom stereocenters. The Kier molecular flexibility index (Phi) is 3.42. The van der Waals surface area contributed by atoms with Crippen LogP contribution in [0.15, 0.2) is 23.1 Å². The highest BCUT2D eigenvalue weighted by molar-refractivity contribution is 7.91. The van der Waals surface area contributed by atoms with Gasteiger partial charge in [-0.3, -0.25) is 4.79 Å². The summed E-state index contributed by atoms with van der Waals surface area (Å²) in [5, 5.41) is 8.48. The molecule has 1 aliphatic rings. The van der Waals surface area contributed by atoms with Crippen LogP contribution in [-0.4, -0.2) is 32.0 Å². The lowest BCUT2D eigenvalue weighted by Gasteiger charge is -2.04. The maximum atomic E-state index is 11.9. The highest BCUT2D eigenvalue weighted by atomic mass is 32.2. The molecule has 0 saturated carbocycles. The van der Waals surface area contributed by atoms with Crippen LogP contribution in [0, 0.1) is 0 Å². The molecule has 0 aromatic heterocycles. The van der Waals surface area contributed by atoms with Crippen molar-refractivity contribution in [2.45, 2.75) is 17.7 Å². The lowest BCUT2D eigenvalue weighted by Crippen LogP contribution is -2.08. The molecule has 7 heteroatoms. The monoisotopic (exact) mass is 272 g/mol. The zero-order valence-electron chi connectivity index (χ0n) is 9.46. The molecule has 0 bridgehead atoms. The van der Waals surface area contributed by atoms with Gasteiger partial charge in [0.2, 0.25) is 6.79 Å². The van der Waals surface area contributed by atoms with Gasteiger partial charge in [0, 0.05) is 12.5 Å². The molecule has 1 aromatic carbocycles. The van der Waals surface area contributed by atoms with Gasteiger partial charge in [-0.25, -0.2) is 8.42 Å². The van der Waals surface area contributed by atoms with E-state index in [-0.39, 0.29) is 30.3 Å². The summed E-state index contributed by atoms with van der Waals surface area (Å²) in [5.41, 5.74) is 0. The SMILES string of the molecule is O=C(O)CCCS(=O)(=O)c1ccc2c(c1)OCO2. The molecule has 0 fully saturated rings. The third-order valence-corrected chi connectivity index (χ3v) is 4.31.